The van der Waals surface area contributed by atoms with E-state index in [0.717, 1.165) is 28.4 Å². The molecule has 0 saturated carbocycles. The van der Waals surface area contributed by atoms with Gasteiger partial charge in [0.15, 0.2) is 10.9 Å². The van der Waals surface area contributed by atoms with Crippen molar-refractivity contribution in [1.82, 2.24) is 14.8 Å². The van der Waals surface area contributed by atoms with E-state index in [9.17, 15) is 9.90 Å². The van der Waals surface area contributed by atoms with Crippen LogP contribution in [0.4, 0.5) is 0 Å². The van der Waals surface area contributed by atoms with Gasteiger partial charge in [-0.25, -0.2) is 0 Å². The Balaban J connectivity index is 1.86. The van der Waals surface area contributed by atoms with E-state index >= 15 is 0 Å². The van der Waals surface area contributed by atoms with E-state index in [4.69, 9.17) is 4.42 Å². The molecule has 4 rings (SSSR count). The lowest BCUT2D eigenvalue weighted by Gasteiger charge is -2.10. The average Bonchev–Trinajstić information content (AvgIpc) is 3.26. The van der Waals surface area contributed by atoms with Crippen molar-refractivity contribution in [1.29, 1.82) is 0 Å². The number of carbonyl (C=O) groups is 1. The molecule has 1 atom stereocenters. The lowest BCUT2D eigenvalue weighted by molar-refractivity contribution is -0.136. The monoisotopic (exact) mass is 365 g/mol. The summed E-state index contributed by atoms with van der Waals surface area (Å²) in [6.45, 7) is 1.62. The van der Waals surface area contributed by atoms with Gasteiger partial charge in [-0.2, -0.15) is 0 Å². The number of rotatable bonds is 5. The fourth-order valence-electron chi connectivity index (χ4n) is 2.62. The number of benzene rings is 2. The zero-order valence-electron chi connectivity index (χ0n) is 13.9. The van der Waals surface area contributed by atoms with Crippen molar-refractivity contribution in [2.24, 2.45) is 0 Å². The van der Waals surface area contributed by atoms with E-state index in [2.05, 4.69) is 10.2 Å². The normalized spacial score (nSPS) is 12.3. The number of aliphatic carboxylic acids is 1. The molecule has 0 aliphatic heterocycles. The third-order valence-electron chi connectivity index (χ3n) is 3.92. The summed E-state index contributed by atoms with van der Waals surface area (Å²) < 4.78 is 7.75. The van der Waals surface area contributed by atoms with Crippen molar-refractivity contribution in [3.8, 4) is 17.3 Å². The molecule has 2 heterocycles. The minimum absolute atomic E-state index is 0.501. The largest absolute Gasteiger partial charge is 0.480 e. The third-order valence-corrected chi connectivity index (χ3v) is 4.95. The number of hydrogen-bond donors (Lipinski definition) is 1. The number of nitrogens with zero attached hydrogens (tertiary/aromatic N) is 3. The molecule has 26 heavy (non-hydrogen) atoms. The molecule has 4 aromatic rings. The first kappa shape index (κ1) is 16.4. The molecule has 0 unspecified atom stereocenters. The van der Waals surface area contributed by atoms with E-state index in [0.29, 0.717) is 16.7 Å². The molecule has 2 aromatic heterocycles. The Kier molecular flexibility index (Phi) is 4.22. The molecule has 2 aromatic carbocycles. The number of hydrogen-bond acceptors (Lipinski definition) is 5. The molecule has 0 radical (unpaired) electrons. The van der Waals surface area contributed by atoms with Crippen molar-refractivity contribution in [2.45, 2.75) is 17.3 Å². The second-order valence-electron chi connectivity index (χ2n) is 5.72. The molecule has 0 fully saturated rings. The van der Waals surface area contributed by atoms with Gasteiger partial charge < -0.3 is 9.52 Å². The molecule has 7 heteroatoms. The number of para-hydroxylation sites is 2. The summed E-state index contributed by atoms with van der Waals surface area (Å²) in [5.74, 6) is 0.216. The van der Waals surface area contributed by atoms with Crippen molar-refractivity contribution in [3.05, 3.63) is 60.7 Å². The quantitative estimate of drug-likeness (QED) is 0.533. The van der Waals surface area contributed by atoms with E-state index in [1.165, 1.54) is 0 Å². The topological polar surface area (TPSA) is 81.2 Å². The van der Waals surface area contributed by atoms with E-state index < -0.39 is 11.2 Å². The highest BCUT2D eigenvalue weighted by atomic mass is 32.2. The first-order valence-electron chi connectivity index (χ1n) is 8.03. The Hall–Kier alpha value is -3.06. The van der Waals surface area contributed by atoms with Crippen LogP contribution in [0.1, 0.15) is 6.92 Å². The van der Waals surface area contributed by atoms with Gasteiger partial charge in [0.05, 0.1) is 0 Å². The average molecular weight is 365 g/mol. The molecule has 1 N–H and O–H groups in total. The van der Waals surface area contributed by atoms with Crippen LogP contribution in [0.25, 0.3) is 28.2 Å². The summed E-state index contributed by atoms with van der Waals surface area (Å²) in [6, 6.07) is 19.2. The van der Waals surface area contributed by atoms with Crippen molar-refractivity contribution in [3.63, 3.8) is 0 Å². The van der Waals surface area contributed by atoms with Crippen LogP contribution in [0, 0.1) is 0 Å². The molecule has 0 aliphatic carbocycles. The van der Waals surface area contributed by atoms with Gasteiger partial charge in [-0.05, 0) is 31.2 Å². The first-order chi connectivity index (χ1) is 12.6. The lowest BCUT2D eigenvalue weighted by Crippen LogP contribution is -2.12. The van der Waals surface area contributed by atoms with Crippen LogP contribution in [0.5, 0.6) is 0 Å². The number of aromatic nitrogens is 3. The van der Waals surface area contributed by atoms with E-state index in [-0.39, 0.29) is 0 Å². The summed E-state index contributed by atoms with van der Waals surface area (Å²) in [6.07, 6.45) is 0. The second kappa shape index (κ2) is 6.68. The number of furan rings is 1. The molecule has 0 bridgehead atoms. The summed E-state index contributed by atoms with van der Waals surface area (Å²) in [4.78, 5) is 11.2. The second-order valence-corrected chi connectivity index (χ2v) is 7.03. The van der Waals surface area contributed by atoms with Crippen LogP contribution < -0.4 is 0 Å². The predicted octanol–water partition coefficient (Wildman–Crippen LogP) is 4.25. The molecular weight excluding hydrogens is 350 g/mol. The van der Waals surface area contributed by atoms with Crippen LogP contribution in [0.2, 0.25) is 0 Å². The maximum atomic E-state index is 11.2. The molecule has 0 spiro atoms. The van der Waals surface area contributed by atoms with Gasteiger partial charge in [0.1, 0.15) is 10.8 Å². The third kappa shape index (κ3) is 2.97. The minimum atomic E-state index is -0.900. The highest BCUT2D eigenvalue weighted by molar-refractivity contribution is 8.00. The van der Waals surface area contributed by atoms with Gasteiger partial charge in [-0.3, -0.25) is 9.36 Å². The predicted molar refractivity (Wildman–Crippen MR) is 99.5 cm³/mol. The van der Waals surface area contributed by atoms with Crippen LogP contribution >= 0.6 is 11.8 Å². The Bertz CT molecular complexity index is 1040. The highest BCUT2D eigenvalue weighted by Gasteiger charge is 2.23. The molecular formula is C19H15N3O3S. The number of carboxylic acid groups (broad SMARTS) is 1. The molecule has 130 valence electrons. The van der Waals surface area contributed by atoms with Crippen LogP contribution in [-0.2, 0) is 4.79 Å². The van der Waals surface area contributed by atoms with Crippen molar-refractivity contribution in [2.75, 3.05) is 0 Å². The van der Waals surface area contributed by atoms with E-state index in [1.807, 2.05) is 65.2 Å². The standard InChI is InChI=1S/C19H15N3O3S/c1-12(18(23)24)26-19-21-20-17(22(19)14-8-3-2-4-9-14)16-11-13-7-5-6-10-15(13)25-16/h2-12H,1H3,(H,23,24)/t12-/m1/s1. The van der Waals surface area contributed by atoms with Crippen molar-refractivity contribution < 1.29 is 14.3 Å². The van der Waals surface area contributed by atoms with Crippen molar-refractivity contribution >= 4 is 28.7 Å². The Morgan fingerprint density at radius 2 is 1.85 bits per heavy atom. The SMILES string of the molecule is C[C@@H](Sc1nnc(-c2cc3ccccc3o2)n1-c1ccccc1)C(=O)O. The van der Waals surface area contributed by atoms with Crippen LogP contribution in [-0.4, -0.2) is 31.1 Å². The molecule has 0 amide bonds. The maximum absolute atomic E-state index is 11.2. The fourth-order valence-corrected chi connectivity index (χ4v) is 3.42. The summed E-state index contributed by atoms with van der Waals surface area (Å²) in [5.41, 5.74) is 1.60. The summed E-state index contributed by atoms with van der Waals surface area (Å²) in [5, 5.41) is 18.5. The van der Waals surface area contributed by atoms with Crippen LogP contribution in [0.15, 0.2) is 70.2 Å². The summed E-state index contributed by atoms with van der Waals surface area (Å²) >= 11 is 1.14. The molecule has 0 aliphatic rings. The van der Waals surface area contributed by atoms with Gasteiger partial charge in [0, 0.05) is 11.1 Å². The number of carboxylic acids is 1. The Labute approximate surface area is 153 Å². The number of fused-ring (bicyclic) bond motifs is 1. The van der Waals surface area contributed by atoms with Gasteiger partial charge in [0.2, 0.25) is 5.82 Å². The van der Waals surface area contributed by atoms with Gasteiger partial charge >= 0.3 is 5.97 Å². The first-order valence-corrected chi connectivity index (χ1v) is 8.90. The summed E-state index contributed by atoms with van der Waals surface area (Å²) in [7, 11) is 0. The fraction of sp³-hybridized carbons (Fsp3) is 0.105. The number of thioether (sulfide) groups is 1. The zero-order chi connectivity index (χ0) is 18.1. The van der Waals surface area contributed by atoms with E-state index in [1.54, 1.807) is 6.92 Å². The maximum Gasteiger partial charge on any atom is 0.316 e. The van der Waals surface area contributed by atoms with Gasteiger partial charge in [-0.1, -0.05) is 48.2 Å². The van der Waals surface area contributed by atoms with Gasteiger partial charge in [0.25, 0.3) is 0 Å². The zero-order valence-corrected chi connectivity index (χ0v) is 14.7. The Morgan fingerprint density at radius 3 is 2.58 bits per heavy atom. The smallest absolute Gasteiger partial charge is 0.316 e. The Morgan fingerprint density at radius 1 is 1.12 bits per heavy atom. The lowest BCUT2D eigenvalue weighted by atomic mass is 10.2. The highest BCUT2D eigenvalue weighted by Crippen LogP contribution is 2.32. The van der Waals surface area contributed by atoms with Crippen LogP contribution in [0.3, 0.4) is 0 Å². The minimum Gasteiger partial charge on any atom is -0.480 e. The molecule has 0 saturated heterocycles. The molecule has 6 nitrogen and oxygen atoms in total. The van der Waals surface area contributed by atoms with Gasteiger partial charge in [-0.15, -0.1) is 10.2 Å².